The van der Waals surface area contributed by atoms with Gasteiger partial charge in [-0.3, -0.25) is 0 Å². The smallest absolute Gasteiger partial charge is 0.128 e. The second-order valence-electron chi connectivity index (χ2n) is 4.65. The lowest BCUT2D eigenvalue weighted by Gasteiger charge is -2.33. The predicted octanol–water partition coefficient (Wildman–Crippen LogP) is 1.17. The molecule has 0 saturated carbocycles. The lowest BCUT2D eigenvalue weighted by Crippen LogP contribution is -2.36. The molecule has 1 saturated heterocycles. The standard InChI is InChI=1S/C13H20N2O2/c16-7-5-11-2-1-6-15(9-11)13-4-3-12(10-17)8-14-13/h3-4,8,11,16-17H,1-2,5-7,9-10H2. The number of anilines is 1. The zero-order valence-electron chi connectivity index (χ0n) is 10.0. The van der Waals surface area contributed by atoms with E-state index in [1.54, 1.807) is 6.20 Å². The molecule has 0 amide bonds. The van der Waals surface area contributed by atoms with Crippen LogP contribution in [0.15, 0.2) is 18.3 Å². The molecule has 1 aliphatic rings. The van der Waals surface area contributed by atoms with Gasteiger partial charge in [-0.15, -0.1) is 0 Å². The minimum Gasteiger partial charge on any atom is -0.396 e. The highest BCUT2D eigenvalue weighted by molar-refractivity contribution is 5.39. The van der Waals surface area contributed by atoms with E-state index in [0.29, 0.717) is 5.92 Å². The largest absolute Gasteiger partial charge is 0.396 e. The van der Waals surface area contributed by atoms with E-state index in [2.05, 4.69) is 9.88 Å². The van der Waals surface area contributed by atoms with Crippen LogP contribution in [0.1, 0.15) is 24.8 Å². The molecule has 1 aromatic heterocycles. The average molecular weight is 236 g/mol. The summed E-state index contributed by atoms with van der Waals surface area (Å²) in [7, 11) is 0. The van der Waals surface area contributed by atoms with E-state index in [-0.39, 0.29) is 13.2 Å². The van der Waals surface area contributed by atoms with Crippen LogP contribution in [0, 0.1) is 5.92 Å². The summed E-state index contributed by atoms with van der Waals surface area (Å²) in [6.45, 7) is 2.33. The quantitative estimate of drug-likeness (QED) is 0.824. The Kier molecular flexibility index (Phi) is 4.34. The van der Waals surface area contributed by atoms with Crippen LogP contribution in [0.25, 0.3) is 0 Å². The molecule has 2 N–H and O–H groups in total. The molecule has 1 aromatic rings. The maximum absolute atomic E-state index is 8.98. The van der Waals surface area contributed by atoms with Crippen molar-refractivity contribution in [2.24, 2.45) is 5.92 Å². The Hall–Kier alpha value is -1.13. The number of aliphatic hydroxyl groups is 2. The van der Waals surface area contributed by atoms with Gasteiger partial charge in [-0.2, -0.15) is 0 Å². The van der Waals surface area contributed by atoms with Crippen molar-refractivity contribution in [1.82, 2.24) is 4.98 Å². The van der Waals surface area contributed by atoms with Crippen LogP contribution in [-0.2, 0) is 6.61 Å². The van der Waals surface area contributed by atoms with Crippen molar-refractivity contribution >= 4 is 5.82 Å². The number of hydrogen-bond donors (Lipinski definition) is 2. The maximum atomic E-state index is 8.98. The molecule has 4 nitrogen and oxygen atoms in total. The van der Waals surface area contributed by atoms with Crippen molar-refractivity contribution in [2.45, 2.75) is 25.9 Å². The molecule has 0 aliphatic carbocycles. The highest BCUT2D eigenvalue weighted by atomic mass is 16.3. The molecule has 0 spiro atoms. The first-order valence-electron chi connectivity index (χ1n) is 6.25. The minimum absolute atomic E-state index is 0.0421. The highest BCUT2D eigenvalue weighted by Gasteiger charge is 2.20. The van der Waals surface area contributed by atoms with E-state index >= 15 is 0 Å². The van der Waals surface area contributed by atoms with Crippen LogP contribution in [0.5, 0.6) is 0 Å². The lowest BCUT2D eigenvalue weighted by molar-refractivity contribution is 0.244. The molecule has 1 fully saturated rings. The number of aliphatic hydroxyl groups excluding tert-OH is 2. The first kappa shape index (κ1) is 12.3. The van der Waals surface area contributed by atoms with Gasteiger partial charge >= 0.3 is 0 Å². The Labute approximate surface area is 102 Å². The van der Waals surface area contributed by atoms with Crippen LogP contribution in [0.3, 0.4) is 0 Å². The van der Waals surface area contributed by atoms with Crippen molar-refractivity contribution in [3.8, 4) is 0 Å². The number of piperidine rings is 1. The second kappa shape index (κ2) is 5.98. The van der Waals surface area contributed by atoms with E-state index in [0.717, 1.165) is 37.3 Å². The second-order valence-corrected chi connectivity index (χ2v) is 4.65. The first-order chi connectivity index (χ1) is 8.33. The summed E-state index contributed by atoms with van der Waals surface area (Å²) in [5, 5.41) is 18.0. The monoisotopic (exact) mass is 236 g/mol. The Bertz CT molecular complexity index is 338. The third-order valence-electron chi connectivity index (χ3n) is 3.37. The maximum Gasteiger partial charge on any atom is 0.128 e. The molecule has 4 heteroatoms. The van der Waals surface area contributed by atoms with Crippen LogP contribution in [0.4, 0.5) is 5.82 Å². The fourth-order valence-corrected chi connectivity index (χ4v) is 2.39. The van der Waals surface area contributed by atoms with E-state index in [4.69, 9.17) is 10.2 Å². The average Bonchev–Trinajstić information content (AvgIpc) is 2.40. The first-order valence-corrected chi connectivity index (χ1v) is 6.25. The Morgan fingerprint density at radius 1 is 1.35 bits per heavy atom. The Morgan fingerprint density at radius 2 is 2.24 bits per heavy atom. The van der Waals surface area contributed by atoms with Gasteiger partial charge in [-0.25, -0.2) is 4.98 Å². The molecule has 0 radical (unpaired) electrons. The summed E-state index contributed by atoms with van der Waals surface area (Å²) in [5.41, 5.74) is 0.845. The molecule has 2 rings (SSSR count). The number of aromatic nitrogens is 1. The summed E-state index contributed by atoms with van der Waals surface area (Å²) in [6, 6.07) is 3.88. The molecule has 1 aliphatic heterocycles. The van der Waals surface area contributed by atoms with Gasteiger partial charge in [0.05, 0.1) is 6.61 Å². The molecule has 1 unspecified atom stereocenters. The van der Waals surface area contributed by atoms with Crippen molar-refractivity contribution in [3.63, 3.8) is 0 Å². The number of nitrogens with zero attached hydrogens (tertiary/aromatic N) is 2. The fraction of sp³-hybridized carbons (Fsp3) is 0.615. The van der Waals surface area contributed by atoms with Crippen molar-refractivity contribution in [1.29, 1.82) is 0 Å². The Balaban J connectivity index is 2.00. The Morgan fingerprint density at radius 3 is 2.88 bits per heavy atom. The summed E-state index contributed by atoms with van der Waals surface area (Å²) in [5.74, 6) is 1.55. The number of pyridine rings is 1. The summed E-state index contributed by atoms with van der Waals surface area (Å²) in [4.78, 5) is 6.64. The molecule has 17 heavy (non-hydrogen) atoms. The van der Waals surface area contributed by atoms with Crippen molar-refractivity contribution < 1.29 is 10.2 Å². The molecule has 0 aromatic carbocycles. The lowest BCUT2D eigenvalue weighted by atomic mass is 9.95. The topological polar surface area (TPSA) is 56.6 Å². The SMILES string of the molecule is OCCC1CCCN(c2ccc(CO)cn2)C1. The molecular formula is C13H20N2O2. The minimum atomic E-state index is 0.0421. The van der Waals surface area contributed by atoms with Crippen LogP contribution in [0.2, 0.25) is 0 Å². The van der Waals surface area contributed by atoms with Crippen LogP contribution >= 0.6 is 0 Å². The highest BCUT2D eigenvalue weighted by Crippen LogP contribution is 2.23. The van der Waals surface area contributed by atoms with Gasteiger partial charge < -0.3 is 15.1 Å². The van der Waals surface area contributed by atoms with E-state index in [9.17, 15) is 0 Å². The van der Waals surface area contributed by atoms with Gasteiger partial charge in [0.15, 0.2) is 0 Å². The van der Waals surface area contributed by atoms with E-state index < -0.39 is 0 Å². The summed E-state index contributed by atoms with van der Waals surface area (Å²) >= 11 is 0. The van der Waals surface area contributed by atoms with Gasteiger partial charge in [0.25, 0.3) is 0 Å². The van der Waals surface area contributed by atoms with Gasteiger partial charge in [-0.1, -0.05) is 6.07 Å². The van der Waals surface area contributed by atoms with E-state index in [1.807, 2.05) is 12.1 Å². The summed E-state index contributed by atoms with van der Waals surface area (Å²) in [6.07, 6.45) is 4.97. The third kappa shape index (κ3) is 3.17. The zero-order valence-corrected chi connectivity index (χ0v) is 10.0. The molecule has 2 heterocycles. The number of rotatable bonds is 4. The van der Waals surface area contributed by atoms with Gasteiger partial charge in [0.1, 0.15) is 5.82 Å². The van der Waals surface area contributed by atoms with E-state index in [1.165, 1.54) is 6.42 Å². The normalized spacial score (nSPS) is 20.6. The number of hydrogen-bond acceptors (Lipinski definition) is 4. The molecular weight excluding hydrogens is 216 g/mol. The molecule has 1 atom stereocenters. The van der Waals surface area contributed by atoms with Crippen LogP contribution < -0.4 is 4.90 Å². The zero-order chi connectivity index (χ0) is 12.1. The molecule has 94 valence electrons. The van der Waals surface area contributed by atoms with Gasteiger partial charge in [0.2, 0.25) is 0 Å². The molecule has 0 bridgehead atoms. The van der Waals surface area contributed by atoms with Gasteiger partial charge in [-0.05, 0) is 36.8 Å². The third-order valence-corrected chi connectivity index (χ3v) is 3.37. The predicted molar refractivity (Wildman–Crippen MR) is 66.8 cm³/mol. The fourth-order valence-electron chi connectivity index (χ4n) is 2.39. The van der Waals surface area contributed by atoms with Gasteiger partial charge in [0, 0.05) is 25.9 Å². The van der Waals surface area contributed by atoms with Crippen molar-refractivity contribution in [3.05, 3.63) is 23.9 Å². The van der Waals surface area contributed by atoms with Crippen molar-refractivity contribution in [2.75, 3.05) is 24.6 Å². The summed E-state index contributed by atoms with van der Waals surface area (Å²) < 4.78 is 0. The van der Waals surface area contributed by atoms with Crippen LogP contribution in [-0.4, -0.2) is 34.9 Å².